The molecule has 0 saturated heterocycles. The Bertz CT molecular complexity index is 768. The van der Waals surface area contributed by atoms with Gasteiger partial charge in [-0.15, -0.1) is 0 Å². The van der Waals surface area contributed by atoms with Gasteiger partial charge in [-0.3, -0.25) is 9.59 Å². The van der Waals surface area contributed by atoms with Crippen LogP contribution in [0.5, 0.6) is 0 Å². The summed E-state index contributed by atoms with van der Waals surface area (Å²) in [6, 6.07) is 0. The molecule has 0 fully saturated rings. The molecule has 0 aromatic rings. The Morgan fingerprint density at radius 3 is 1.02 bits per heavy atom. The molecule has 0 aromatic carbocycles. The van der Waals surface area contributed by atoms with Gasteiger partial charge < -0.3 is 14.4 Å². The summed E-state index contributed by atoms with van der Waals surface area (Å²) in [6.45, 7) is 14.9. The number of hydrogen-bond donors (Lipinski definition) is 0. The number of rotatable bonds is 43. The van der Waals surface area contributed by atoms with Gasteiger partial charge in [0.1, 0.15) is 0 Å². The van der Waals surface area contributed by atoms with Gasteiger partial charge in [-0.05, 0) is 69.9 Å². The molecule has 322 valence electrons. The van der Waals surface area contributed by atoms with E-state index in [-0.39, 0.29) is 11.9 Å². The van der Waals surface area contributed by atoms with Crippen LogP contribution in [0, 0.1) is 17.8 Å². The number of nitrogens with zero attached hydrogens (tertiary/aromatic N) is 1. The first-order chi connectivity index (χ1) is 26.4. The molecule has 0 bridgehead atoms. The summed E-state index contributed by atoms with van der Waals surface area (Å²) in [4.78, 5) is 27.2. The molecule has 0 aromatic heterocycles. The lowest BCUT2D eigenvalue weighted by Crippen LogP contribution is -2.25. The van der Waals surface area contributed by atoms with Crippen molar-refractivity contribution in [2.75, 3.05) is 33.4 Å². The van der Waals surface area contributed by atoms with Crippen molar-refractivity contribution < 1.29 is 19.1 Å². The Morgan fingerprint density at radius 2 is 0.685 bits per heavy atom. The summed E-state index contributed by atoms with van der Waals surface area (Å²) < 4.78 is 11.3. The molecule has 0 N–H and O–H groups in total. The average Bonchev–Trinajstić information content (AvgIpc) is 3.16. The molecule has 0 rings (SSSR count). The Kier molecular flexibility index (Phi) is 40.7. The molecule has 0 radical (unpaired) electrons. The summed E-state index contributed by atoms with van der Waals surface area (Å²) >= 11 is 0. The van der Waals surface area contributed by atoms with Crippen LogP contribution in [0.2, 0.25) is 0 Å². The highest BCUT2D eigenvalue weighted by atomic mass is 16.5. The monoisotopic (exact) mass is 764 g/mol. The van der Waals surface area contributed by atoms with Crippen LogP contribution in [-0.2, 0) is 19.1 Å². The van der Waals surface area contributed by atoms with Crippen molar-refractivity contribution in [3.05, 3.63) is 0 Å². The zero-order valence-corrected chi connectivity index (χ0v) is 37.7. The van der Waals surface area contributed by atoms with Crippen molar-refractivity contribution in [2.24, 2.45) is 17.8 Å². The Balaban J connectivity index is 4.01. The van der Waals surface area contributed by atoms with E-state index in [4.69, 9.17) is 9.47 Å². The van der Waals surface area contributed by atoms with Crippen LogP contribution in [0.15, 0.2) is 0 Å². The first-order valence-electron chi connectivity index (χ1n) is 24.4. The van der Waals surface area contributed by atoms with Gasteiger partial charge in [0.2, 0.25) is 0 Å². The molecule has 1 atom stereocenters. The summed E-state index contributed by atoms with van der Waals surface area (Å²) in [7, 11) is 2.26. The molecule has 0 heterocycles. The van der Waals surface area contributed by atoms with Crippen molar-refractivity contribution in [3.8, 4) is 0 Å². The first kappa shape index (κ1) is 52.9. The normalized spacial score (nSPS) is 12.3. The lowest BCUT2D eigenvalue weighted by Gasteiger charge is -2.23. The Hall–Kier alpha value is -1.10. The van der Waals surface area contributed by atoms with E-state index >= 15 is 0 Å². The van der Waals surface area contributed by atoms with Crippen LogP contribution in [0.25, 0.3) is 0 Å². The fourth-order valence-electron chi connectivity index (χ4n) is 8.14. The minimum absolute atomic E-state index is 0.0170. The third-order valence-electron chi connectivity index (χ3n) is 12.0. The van der Waals surface area contributed by atoms with Gasteiger partial charge >= 0.3 is 11.9 Å². The Labute approximate surface area is 339 Å². The van der Waals surface area contributed by atoms with E-state index in [9.17, 15) is 9.59 Å². The predicted molar refractivity (Wildman–Crippen MR) is 235 cm³/mol. The van der Waals surface area contributed by atoms with Gasteiger partial charge in [-0.25, -0.2) is 0 Å². The number of ether oxygens (including phenoxy) is 2. The minimum Gasteiger partial charge on any atom is -0.466 e. The van der Waals surface area contributed by atoms with Crippen LogP contribution in [-0.4, -0.2) is 50.2 Å². The molecular weight excluding hydrogens is 667 g/mol. The maximum absolute atomic E-state index is 12.4. The van der Waals surface area contributed by atoms with Gasteiger partial charge in [0.15, 0.2) is 0 Å². The van der Waals surface area contributed by atoms with Crippen LogP contribution in [0.3, 0.4) is 0 Å². The third kappa shape index (κ3) is 36.5. The molecular formula is C49H97NO4. The standard InChI is InChI=1S/C49H97NO4/c1-7-12-24-32-45(33-25-13-8-2)40-42-53-48(51)38-30-22-18-16-17-20-28-36-47(44-50(6)11-5)37-29-21-19-23-31-39-49(52)54-43-41-46(34-26-14-9-3)35-27-15-10-4/h45-47H,7-44H2,1-6H3. The summed E-state index contributed by atoms with van der Waals surface area (Å²) in [5, 5.41) is 0. The van der Waals surface area contributed by atoms with Crippen molar-refractivity contribution in [2.45, 2.75) is 253 Å². The molecule has 0 saturated carbocycles. The SMILES string of the molecule is CCCCCC(CCCCC)CCOC(=O)CCCCCCCCCC(CCCCCCCC(=O)OCCC(CCCCC)CCCCC)CN(C)CC. The highest BCUT2D eigenvalue weighted by Gasteiger charge is 2.13. The highest BCUT2D eigenvalue weighted by molar-refractivity contribution is 5.69. The summed E-state index contributed by atoms with van der Waals surface area (Å²) in [6.07, 6.45) is 41.4. The van der Waals surface area contributed by atoms with Crippen LogP contribution in [0.1, 0.15) is 253 Å². The maximum Gasteiger partial charge on any atom is 0.305 e. The zero-order valence-electron chi connectivity index (χ0n) is 37.7. The first-order valence-corrected chi connectivity index (χ1v) is 24.4. The topological polar surface area (TPSA) is 55.8 Å². The second kappa shape index (κ2) is 41.5. The number of carbonyl (C=O) groups is 2. The van der Waals surface area contributed by atoms with E-state index in [2.05, 4.69) is 46.6 Å². The Morgan fingerprint density at radius 1 is 0.389 bits per heavy atom. The van der Waals surface area contributed by atoms with Gasteiger partial charge in [0, 0.05) is 19.4 Å². The van der Waals surface area contributed by atoms with Gasteiger partial charge in [-0.2, -0.15) is 0 Å². The number of unbranched alkanes of at least 4 members (excludes halogenated alkanes) is 18. The van der Waals surface area contributed by atoms with E-state index < -0.39 is 0 Å². The summed E-state index contributed by atoms with van der Waals surface area (Å²) in [5.41, 5.74) is 0. The molecule has 54 heavy (non-hydrogen) atoms. The fraction of sp³-hybridized carbons (Fsp3) is 0.959. The van der Waals surface area contributed by atoms with Crippen molar-refractivity contribution in [1.29, 1.82) is 0 Å². The molecule has 1 unspecified atom stereocenters. The minimum atomic E-state index is 0.0170. The lowest BCUT2D eigenvalue weighted by atomic mass is 9.92. The average molecular weight is 764 g/mol. The molecule has 0 aliphatic carbocycles. The molecule has 0 amide bonds. The van der Waals surface area contributed by atoms with Gasteiger partial charge in [0.05, 0.1) is 13.2 Å². The second-order valence-corrected chi connectivity index (χ2v) is 17.3. The van der Waals surface area contributed by atoms with E-state index in [0.29, 0.717) is 26.1 Å². The van der Waals surface area contributed by atoms with Crippen molar-refractivity contribution in [3.63, 3.8) is 0 Å². The molecule has 0 spiro atoms. The molecule has 5 nitrogen and oxygen atoms in total. The smallest absolute Gasteiger partial charge is 0.305 e. The van der Waals surface area contributed by atoms with Crippen molar-refractivity contribution in [1.82, 2.24) is 4.90 Å². The summed E-state index contributed by atoms with van der Waals surface area (Å²) in [5.74, 6) is 2.29. The van der Waals surface area contributed by atoms with Crippen molar-refractivity contribution >= 4 is 11.9 Å². The van der Waals surface area contributed by atoms with E-state index in [1.54, 1.807) is 0 Å². The zero-order chi connectivity index (χ0) is 39.7. The highest BCUT2D eigenvalue weighted by Crippen LogP contribution is 2.24. The quantitative estimate of drug-likeness (QED) is 0.0457. The van der Waals surface area contributed by atoms with E-state index in [1.165, 1.54) is 173 Å². The molecule has 5 heteroatoms. The maximum atomic E-state index is 12.4. The second-order valence-electron chi connectivity index (χ2n) is 17.3. The predicted octanol–water partition coefficient (Wildman–Crippen LogP) is 15.2. The van der Waals surface area contributed by atoms with Gasteiger partial charge in [0.25, 0.3) is 0 Å². The van der Waals surface area contributed by atoms with E-state index in [0.717, 1.165) is 62.8 Å². The van der Waals surface area contributed by atoms with Crippen LogP contribution >= 0.6 is 0 Å². The number of carbonyl (C=O) groups excluding carboxylic acids is 2. The lowest BCUT2D eigenvalue weighted by molar-refractivity contribution is -0.145. The third-order valence-corrected chi connectivity index (χ3v) is 12.0. The molecule has 0 aliphatic heterocycles. The largest absolute Gasteiger partial charge is 0.466 e. The number of esters is 2. The van der Waals surface area contributed by atoms with E-state index in [1.807, 2.05) is 0 Å². The van der Waals surface area contributed by atoms with Crippen LogP contribution in [0.4, 0.5) is 0 Å². The van der Waals surface area contributed by atoms with Crippen LogP contribution < -0.4 is 0 Å². The fourth-order valence-corrected chi connectivity index (χ4v) is 8.14. The molecule has 0 aliphatic rings. The number of hydrogen-bond acceptors (Lipinski definition) is 5. The van der Waals surface area contributed by atoms with Gasteiger partial charge in [-0.1, -0.05) is 202 Å².